The highest BCUT2D eigenvalue weighted by molar-refractivity contribution is 14.1. The van der Waals surface area contributed by atoms with Gasteiger partial charge in [0, 0.05) is 3.57 Å². The summed E-state index contributed by atoms with van der Waals surface area (Å²) in [6.45, 7) is 1.46. The number of aryl methyl sites for hydroxylation is 1. The van der Waals surface area contributed by atoms with Gasteiger partial charge in [-0.15, -0.1) is 0 Å². The van der Waals surface area contributed by atoms with E-state index in [1.54, 1.807) is 22.6 Å². The first kappa shape index (κ1) is 17.1. The van der Waals surface area contributed by atoms with E-state index in [1.165, 1.54) is 19.1 Å². The van der Waals surface area contributed by atoms with Crippen molar-refractivity contribution >= 4 is 22.6 Å². The van der Waals surface area contributed by atoms with Crippen LogP contribution in [0.4, 0.5) is 26.3 Å². The van der Waals surface area contributed by atoms with Gasteiger partial charge in [0.15, 0.2) is 0 Å². The molecule has 0 nitrogen and oxygen atoms in total. The quantitative estimate of drug-likeness (QED) is 0.368. The first-order chi connectivity index (χ1) is 10.00. The van der Waals surface area contributed by atoms with E-state index in [0.717, 1.165) is 24.3 Å². The Morgan fingerprint density at radius 2 is 1.18 bits per heavy atom. The lowest BCUT2D eigenvalue weighted by atomic mass is 9.93. The number of hydrogen-bond donors (Lipinski definition) is 0. The smallest absolute Gasteiger partial charge is 0.166 e. The Hall–Kier alpha value is -1.25. The fourth-order valence-electron chi connectivity index (χ4n) is 2.11. The number of benzene rings is 2. The summed E-state index contributed by atoms with van der Waals surface area (Å²) in [5.74, 6) is 0. The van der Waals surface area contributed by atoms with Crippen molar-refractivity contribution < 1.29 is 26.3 Å². The molecule has 2 rings (SSSR count). The Bertz CT molecular complexity index is 639. The van der Waals surface area contributed by atoms with Crippen molar-refractivity contribution in [2.24, 2.45) is 0 Å². The van der Waals surface area contributed by atoms with Crippen molar-refractivity contribution in [2.45, 2.75) is 19.3 Å². The second-order valence-electron chi connectivity index (χ2n) is 4.73. The first-order valence-corrected chi connectivity index (χ1v) is 7.13. The third kappa shape index (κ3) is 3.56. The van der Waals surface area contributed by atoms with Gasteiger partial charge in [-0.2, -0.15) is 26.3 Å². The van der Waals surface area contributed by atoms with Gasteiger partial charge < -0.3 is 0 Å². The van der Waals surface area contributed by atoms with Crippen LogP contribution >= 0.6 is 22.6 Å². The van der Waals surface area contributed by atoms with Crippen LogP contribution in [0.5, 0.6) is 0 Å². The molecule has 118 valence electrons. The zero-order valence-electron chi connectivity index (χ0n) is 11.1. The minimum absolute atomic E-state index is 0.300. The molecule has 0 unspecified atom stereocenters. The zero-order chi connectivity index (χ0) is 16.7. The first-order valence-electron chi connectivity index (χ1n) is 6.05. The molecule has 0 saturated heterocycles. The Kier molecular flexibility index (Phi) is 4.47. The molecule has 2 aromatic carbocycles. The molecular weight excluding hydrogens is 421 g/mol. The Labute approximate surface area is 136 Å². The van der Waals surface area contributed by atoms with Crippen molar-refractivity contribution in [3.05, 3.63) is 56.7 Å². The molecule has 0 radical (unpaired) electrons. The molecular formula is C15H9F6I. The molecule has 0 aliphatic heterocycles. The normalized spacial score (nSPS) is 12.5. The topological polar surface area (TPSA) is 0 Å². The molecule has 0 amide bonds. The monoisotopic (exact) mass is 430 g/mol. The van der Waals surface area contributed by atoms with Gasteiger partial charge in [-0.1, -0.05) is 23.8 Å². The standard InChI is InChI=1S/C15H9F6I/c1-8-2-4-10(12(6-8)14(16,17)18)11-5-3-9(22)7-13(11)15(19,20)21/h2-7H,1H3. The summed E-state index contributed by atoms with van der Waals surface area (Å²) in [7, 11) is 0. The van der Waals surface area contributed by atoms with Gasteiger partial charge in [0.2, 0.25) is 0 Å². The van der Waals surface area contributed by atoms with Crippen molar-refractivity contribution in [1.29, 1.82) is 0 Å². The van der Waals surface area contributed by atoms with E-state index in [1.807, 2.05) is 0 Å². The SMILES string of the molecule is Cc1ccc(-c2ccc(I)cc2C(F)(F)F)c(C(F)(F)F)c1. The molecule has 0 aromatic heterocycles. The van der Waals surface area contributed by atoms with Gasteiger partial charge in [0.25, 0.3) is 0 Å². The Balaban J connectivity index is 2.78. The molecule has 0 aliphatic carbocycles. The summed E-state index contributed by atoms with van der Waals surface area (Å²) in [6, 6.07) is 6.57. The molecule has 2 aromatic rings. The van der Waals surface area contributed by atoms with Crippen LogP contribution in [0.25, 0.3) is 11.1 Å². The summed E-state index contributed by atoms with van der Waals surface area (Å²) in [4.78, 5) is 0. The average Bonchev–Trinajstić information content (AvgIpc) is 2.37. The van der Waals surface area contributed by atoms with Gasteiger partial charge in [-0.3, -0.25) is 0 Å². The average molecular weight is 430 g/mol. The van der Waals surface area contributed by atoms with Crippen molar-refractivity contribution in [2.75, 3.05) is 0 Å². The van der Waals surface area contributed by atoms with Crippen LogP contribution in [0.2, 0.25) is 0 Å². The van der Waals surface area contributed by atoms with E-state index < -0.39 is 34.6 Å². The number of hydrogen-bond acceptors (Lipinski definition) is 0. The van der Waals surface area contributed by atoms with Crippen LogP contribution in [-0.4, -0.2) is 0 Å². The number of halogens is 7. The van der Waals surface area contributed by atoms with Crippen LogP contribution in [0.1, 0.15) is 16.7 Å². The lowest BCUT2D eigenvalue weighted by Gasteiger charge is -2.18. The van der Waals surface area contributed by atoms with Crippen molar-refractivity contribution in [3.8, 4) is 11.1 Å². The van der Waals surface area contributed by atoms with E-state index in [9.17, 15) is 26.3 Å². The summed E-state index contributed by atoms with van der Waals surface area (Å²) >= 11 is 1.69. The second-order valence-corrected chi connectivity index (χ2v) is 5.98. The Morgan fingerprint density at radius 3 is 1.68 bits per heavy atom. The van der Waals surface area contributed by atoms with E-state index in [2.05, 4.69) is 0 Å². The van der Waals surface area contributed by atoms with Crippen molar-refractivity contribution in [1.82, 2.24) is 0 Å². The third-order valence-corrected chi connectivity index (χ3v) is 3.73. The third-order valence-electron chi connectivity index (χ3n) is 3.06. The van der Waals surface area contributed by atoms with Crippen LogP contribution < -0.4 is 0 Å². The van der Waals surface area contributed by atoms with E-state index >= 15 is 0 Å². The molecule has 0 aliphatic rings. The largest absolute Gasteiger partial charge is 0.417 e. The minimum atomic E-state index is -4.73. The molecule has 0 atom stereocenters. The lowest BCUT2D eigenvalue weighted by Crippen LogP contribution is -2.12. The fraction of sp³-hybridized carbons (Fsp3) is 0.200. The van der Waals surface area contributed by atoms with E-state index in [-0.39, 0.29) is 0 Å². The van der Waals surface area contributed by atoms with Crippen LogP contribution in [-0.2, 0) is 12.4 Å². The molecule has 22 heavy (non-hydrogen) atoms. The molecule has 0 heterocycles. The molecule has 0 N–H and O–H groups in total. The summed E-state index contributed by atoms with van der Waals surface area (Å²) < 4.78 is 79.1. The molecule has 0 bridgehead atoms. The van der Waals surface area contributed by atoms with Crippen LogP contribution in [0.3, 0.4) is 0 Å². The number of alkyl halides is 6. The van der Waals surface area contributed by atoms with Gasteiger partial charge in [0.05, 0.1) is 11.1 Å². The minimum Gasteiger partial charge on any atom is -0.166 e. The molecule has 7 heteroatoms. The van der Waals surface area contributed by atoms with Gasteiger partial charge >= 0.3 is 12.4 Å². The maximum absolute atomic E-state index is 13.1. The van der Waals surface area contributed by atoms with Crippen LogP contribution in [0.15, 0.2) is 36.4 Å². The molecule has 0 spiro atoms. The summed E-state index contributed by atoms with van der Waals surface area (Å²) in [5.41, 5.74) is -2.76. The predicted molar refractivity (Wildman–Crippen MR) is 79.3 cm³/mol. The summed E-state index contributed by atoms with van der Waals surface area (Å²) in [6.07, 6.45) is -9.46. The predicted octanol–water partition coefficient (Wildman–Crippen LogP) is 6.30. The van der Waals surface area contributed by atoms with Gasteiger partial charge in [-0.05, 0) is 58.8 Å². The molecule has 0 fully saturated rings. The Morgan fingerprint density at radius 1 is 0.727 bits per heavy atom. The number of rotatable bonds is 1. The van der Waals surface area contributed by atoms with Crippen molar-refractivity contribution in [3.63, 3.8) is 0 Å². The highest BCUT2D eigenvalue weighted by Crippen LogP contribution is 2.43. The molecule has 0 saturated carbocycles. The highest BCUT2D eigenvalue weighted by atomic mass is 127. The van der Waals surface area contributed by atoms with Crippen LogP contribution in [0, 0.1) is 10.5 Å². The van der Waals surface area contributed by atoms with Gasteiger partial charge in [-0.25, -0.2) is 0 Å². The lowest BCUT2D eigenvalue weighted by molar-refractivity contribution is -0.139. The maximum Gasteiger partial charge on any atom is 0.417 e. The van der Waals surface area contributed by atoms with E-state index in [0.29, 0.717) is 9.13 Å². The summed E-state index contributed by atoms with van der Waals surface area (Å²) in [5, 5.41) is 0. The fourth-order valence-corrected chi connectivity index (χ4v) is 2.60. The maximum atomic E-state index is 13.1. The van der Waals surface area contributed by atoms with Gasteiger partial charge in [0.1, 0.15) is 0 Å². The van der Waals surface area contributed by atoms with E-state index in [4.69, 9.17) is 0 Å². The highest BCUT2D eigenvalue weighted by Gasteiger charge is 2.38. The second kappa shape index (κ2) is 5.75. The zero-order valence-corrected chi connectivity index (χ0v) is 13.3.